The summed E-state index contributed by atoms with van der Waals surface area (Å²) in [7, 11) is 0. The highest BCUT2D eigenvalue weighted by Gasteiger charge is 2.25. The van der Waals surface area contributed by atoms with Gasteiger partial charge in [0.05, 0.1) is 0 Å². The van der Waals surface area contributed by atoms with Gasteiger partial charge in [0.1, 0.15) is 0 Å². The number of nitrogens with zero attached hydrogens (tertiary/aromatic N) is 1. The van der Waals surface area contributed by atoms with Crippen LogP contribution in [0.4, 0.5) is 0 Å². The van der Waals surface area contributed by atoms with Gasteiger partial charge in [-0.25, -0.2) is 0 Å². The number of piperidine rings is 1. The van der Waals surface area contributed by atoms with E-state index in [1.54, 1.807) is 0 Å². The molecule has 0 aromatic carbocycles. The van der Waals surface area contributed by atoms with Gasteiger partial charge >= 0.3 is 0 Å². The first-order chi connectivity index (χ1) is 9.31. The van der Waals surface area contributed by atoms with E-state index in [4.69, 9.17) is 0 Å². The van der Waals surface area contributed by atoms with Gasteiger partial charge < -0.3 is 10.2 Å². The molecule has 1 aliphatic rings. The lowest BCUT2D eigenvalue weighted by Gasteiger charge is -2.34. The normalized spacial score (nSPS) is 21.9. The van der Waals surface area contributed by atoms with Crippen molar-refractivity contribution >= 4 is 5.91 Å². The van der Waals surface area contributed by atoms with Crippen molar-refractivity contribution in [2.45, 2.75) is 72.8 Å². The molecular formula is C17H34N2O. The standard InChI is InChI=1S/C17H34N2O/c1-6-9-18-15-8-7-10-19(13-15)16(20)11-14(2)12-17(3,4)5/h14-15,18H,6-13H2,1-5H3. The van der Waals surface area contributed by atoms with Crippen LogP contribution >= 0.6 is 0 Å². The zero-order valence-corrected chi connectivity index (χ0v) is 14.2. The van der Waals surface area contributed by atoms with Gasteiger partial charge in [-0.15, -0.1) is 0 Å². The number of rotatable bonds is 6. The highest BCUT2D eigenvalue weighted by atomic mass is 16.2. The second kappa shape index (κ2) is 8.02. The SMILES string of the molecule is CCCNC1CCCN(C(=O)CC(C)CC(C)(C)C)C1. The fourth-order valence-corrected chi connectivity index (χ4v) is 3.26. The summed E-state index contributed by atoms with van der Waals surface area (Å²) in [4.78, 5) is 14.5. The van der Waals surface area contributed by atoms with Crippen molar-refractivity contribution in [1.82, 2.24) is 10.2 Å². The maximum absolute atomic E-state index is 12.4. The molecule has 1 rings (SSSR count). The Morgan fingerprint density at radius 2 is 2.10 bits per heavy atom. The summed E-state index contributed by atoms with van der Waals surface area (Å²) in [6.07, 6.45) is 5.33. The number of carbonyl (C=O) groups is 1. The highest BCUT2D eigenvalue weighted by Crippen LogP contribution is 2.26. The summed E-state index contributed by atoms with van der Waals surface area (Å²) in [5.41, 5.74) is 0.312. The second-order valence-corrected chi connectivity index (χ2v) is 7.71. The van der Waals surface area contributed by atoms with E-state index in [0.29, 0.717) is 29.7 Å². The van der Waals surface area contributed by atoms with Crippen LogP contribution in [-0.4, -0.2) is 36.5 Å². The van der Waals surface area contributed by atoms with Crippen LogP contribution in [0.3, 0.4) is 0 Å². The summed E-state index contributed by atoms with van der Waals surface area (Å²) in [5.74, 6) is 0.830. The van der Waals surface area contributed by atoms with E-state index in [2.05, 4.69) is 44.8 Å². The third-order valence-electron chi connectivity index (χ3n) is 3.94. The minimum Gasteiger partial charge on any atom is -0.341 e. The van der Waals surface area contributed by atoms with Crippen molar-refractivity contribution in [3.05, 3.63) is 0 Å². The fraction of sp³-hybridized carbons (Fsp3) is 0.941. The fourth-order valence-electron chi connectivity index (χ4n) is 3.26. The number of amides is 1. The van der Waals surface area contributed by atoms with E-state index in [1.807, 2.05) is 0 Å². The summed E-state index contributed by atoms with van der Waals surface area (Å²) in [6, 6.07) is 0.505. The Bertz CT molecular complexity index is 296. The van der Waals surface area contributed by atoms with Gasteiger partial charge in [-0.1, -0.05) is 34.6 Å². The molecule has 118 valence electrons. The molecule has 1 N–H and O–H groups in total. The molecule has 3 nitrogen and oxygen atoms in total. The molecule has 1 fully saturated rings. The summed E-state index contributed by atoms with van der Waals surface area (Å²) in [6.45, 7) is 14.1. The van der Waals surface area contributed by atoms with Crippen molar-refractivity contribution in [3.8, 4) is 0 Å². The smallest absolute Gasteiger partial charge is 0.222 e. The molecule has 1 saturated heterocycles. The van der Waals surface area contributed by atoms with Crippen LogP contribution in [0.5, 0.6) is 0 Å². The lowest BCUT2D eigenvalue weighted by molar-refractivity contribution is -0.133. The number of carbonyl (C=O) groups excluding carboxylic acids is 1. The predicted octanol–water partition coefficient (Wildman–Crippen LogP) is 3.44. The first-order valence-electron chi connectivity index (χ1n) is 8.33. The van der Waals surface area contributed by atoms with E-state index in [0.717, 1.165) is 38.9 Å². The number of likely N-dealkylation sites (tertiary alicyclic amines) is 1. The van der Waals surface area contributed by atoms with Crippen LogP contribution in [-0.2, 0) is 4.79 Å². The average molecular weight is 282 g/mol. The second-order valence-electron chi connectivity index (χ2n) is 7.71. The molecule has 0 saturated carbocycles. The van der Waals surface area contributed by atoms with Gasteiger partial charge in [-0.3, -0.25) is 4.79 Å². The molecule has 1 amide bonds. The highest BCUT2D eigenvalue weighted by molar-refractivity contribution is 5.76. The van der Waals surface area contributed by atoms with Crippen LogP contribution in [0.15, 0.2) is 0 Å². The van der Waals surface area contributed by atoms with E-state index in [9.17, 15) is 4.79 Å². The van der Waals surface area contributed by atoms with Crippen molar-refractivity contribution in [1.29, 1.82) is 0 Å². The van der Waals surface area contributed by atoms with Gasteiger partial charge in [0.2, 0.25) is 5.91 Å². The Morgan fingerprint density at radius 3 is 2.70 bits per heavy atom. The molecule has 2 unspecified atom stereocenters. The summed E-state index contributed by atoms with van der Waals surface area (Å²) < 4.78 is 0. The minimum absolute atomic E-state index is 0.312. The maximum Gasteiger partial charge on any atom is 0.222 e. The first-order valence-corrected chi connectivity index (χ1v) is 8.33. The van der Waals surface area contributed by atoms with Crippen molar-refractivity contribution in [2.24, 2.45) is 11.3 Å². The zero-order valence-electron chi connectivity index (χ0n) is 14.2. The quantitative estimate of drug-likeness (QED) is 0.809. The minimum atomic E-state index is 0.312. The maximum atomic E-state index is 12.4. The van der Waals surface area contributed by atoms with E-state index >= 15 is 0 Å². The van der Waals surface area contributed by atoms with Crippen LogP contribution in [0, 0.1) is 11.3 Å². The molecule has 2 atom stereocenters. The Kier molecular flexibility index (Phi) is 7.01. The number of hydrogen-bond acceptors (Lipinski definition) is 2. The van der Waals surface area contributed by atoms with Gasteiger partial charge in [0, 0.05) is 25.6 Å². The van der Waals surface area contributed by atoms with Gasteiger partial charge in [0.25, 0.3) is 0 Å². The topological polar surface area (TPSA) is 32.3 Å². The van der Waals surface area contributed by atoms with Gasteiger partial charge in [0.15, 0.2) is 0 Å². The largest absolute Gasteiger partial charge is 0.341 e. The van der Waals surface area contributed by atoms with Crippen molar-refractivity contribution in [3.63, 3.8) is 0 Å². The number of nitrogens with one attached hydrogen (secondary N) is 1. The van der Waals surface area contributed by atoms with Crippen LogP contribution in [0.2, 0.25) is 0 Å². The predicted molar refractivity (Wildman–Crippen MR) is 85.7 cm³/mol. The van der Waals surface area contributed by atoms with Crippen LogP contribution in [0.25, 0.3) is 0 Å². The Balaban J connectivity index is 2.38. The monoisotopic (exact) mass is 282 g/mol. The van der Waals surface area contributed by atoms with Crippen molar-refractivity contribution in [2.75, 3.05) is 19.6 Å². The molecule has 1 heterocycles. The molecular weight excluding hydrogens is 248 g/mol. The molecule has 3 heteroatoms. The first kappa shape index (κ1) is 17.5. The van der Waals surface area contributed by atoms with E-state index in [-0.39, 0.29) is 0 Å². The molecule has 1 aliphatic heterocycles. The van der Waals surface area contributed by atoms with Crippen molar-refractivity contribution < 1.29 is 4.79 Å². The molecule has 0 bridgehead atoms. The molecule has 0 aromatic heterocycles. The van der Waals surface area contributed by atoms with Crippen LogP contribution < -0.4 is 5.32 Å². The molecule has 0 spiro atoms. The van der Waals surface area contributed by atoms with Gasteiger partial charge in [-0.05, 0) is 43.6 Å². The third kappa shape index (κ3) is 6.74. The number of hydrogen-bond donors (Lipinski definition) is 1. The van der Waals surface area contributed by atoms with Gasteiger partial charge in [-0.2, -0.15) is 0 Å². The van der Waals surface area contributed by atoms with Crippen LogP contribution in [0.1, 0.15) is 66.7 Å². The molecule has 0 radical (unpaired) electrons. The summed E-state index contributed by atoms with van der Waals surface area (Å²) in [5, 5.41) is 3.55. The molecule has 0 aromatic rings. The van der Waals surface area contributed by atoms with E-state index in [1.165, 1.54) is 6.42 Å². The summed E-state index contributed by atoms with van der Waals surface area (Å²) >= 11 is 0. The molecule has 20 heavy (non-hydrogen) atoms. The molecule has 0 aliphatic carbocycles. The Hall–Kier alpha value is -0.570. The third-order valence-corrected chi connectivity index (χ3v) is 3.94. The lowest BCUT2D eigenvalue weighted by Crippen LogP contribution is -2.48. The zero-order chi connectivity index (χ0) is 15.2. The average Bonchev–Trinajstić information content (AvgIpc) is 2.34. The van der Waals surface area contributed by atoms with E-state index < -0.39 is 0 Å². The Labute approximate surface area is 125 Å². The lowest BCUT2D eigenvalue weighted by atomic mass is 9.84. The Morgan fingerprint density at radius 1 is 1.40 bits per heavy atom.